The normalized spacial score (nSPS) is 10.1. The maximum absolute atomic E-state index is 11.0. The maximum atomic E-state index is 11.0. The molecule has 2 aromatic heterocycles. The first kappa shape index (κ1) is 73.6. The van der Waals surface area contributed by atoms with Crippen molar-refractivity contribution in [1.82, 2.24) is 0 Å². The average Bonchev–Trinajstić information content (AvgIpc) is 2.89. The van der Waals surface area contributed by atoms with Gasteiger partial charge in [-0.3, -0.25) is 0 Å². The van der Waals surface area contributed by atoms with Gasteiger partial charge in [-0.1, -0.05) is 149 Å². The van der Waals surface area contributed by atoms with Gasteiger partial charge in [-0.05, 0) is 204 Å². The van der Waals surface area contributed by atoms with Crippen molar-refractivity contribution in [3.63, 3.8) is 0 Å². The van der Waals surface area contributed by atoms with Gasteiger partial charge in [-0.15, -0.1) is 0 Å². The molecular weight excluding hydrogens is 1120 g/mol. The Kier molecular flexibility index (Phi) is 29.7. The molecule has 0 spiro atoms. The smallest absolute Gasteiger partial charge is 0.336 e. The fourth-order valence-corrected chi connectivity index (χ4v) is 9.40. The van der Waals surface area contributed by atoms with Gasteiger partial charge in [0.15, 0.2) is 11.5 Å². The van der Waals surface area contributed by atoms with Gasteiger partial charge in [0.1, 0.15) is 45.7 Å². The summed E-state index contributed by atoms with van der Waals surface area (Å²) in [5.74, 6) is 2.18. The summed E-state index contributed by atoms with van der Waals surface area (Å²) < 4.78 is 9.76. The molecule has 13 nitrogen and oxygen atoms in total. The molecule has 0 unspecified atom stereocenters. The van der Waals surface area contributed by atoms with Crippen LogP contribution in [0.15, 0.2) is 158 Å². The minimum atomic E-state index is -0.488. The number of rotatable bonds is 6. The van der Waals surface area contributed by atoms with E-state index >= 15 is 0 Å². The molecule has 0 atom stereocenters. The lowest BCUT2D eigenvalue weighted by Crippen LogP contribution is -1.98. The van der Waals surface area contributed by atoms with Crippen molar-refractivity contribution in [2.45, 2.75) is 149 Å². The first-order valence-corrected chi connectivity index (χ1v) is 30.0. The first-order chi connectivity index (χ1) is 42.0. The van der Waals surface area contributed by atoms with E-state index in [9.17, 15) is 40.2 Å². The Morgan fingerprint density at radius 2 is 0.652 bits per heavy atom. The highest BCUT2D eigenvalue weighted by molar-refractivity contribution is 5.83. The van der Waals surface area contributed by atoms with Crippen LogP contribution in [0.3, 0.4) is 0 Å². The van der Waals surface area contributed by atoms with Crippen LogP contribution in [-0.4, -0.2) is 40.9 Å². The van der Waals surface area contributed by atoms with E-state index in [1.807, 2.05) is 208 Å². The molecule has 0 saturated carbocycles. The SMILES string of the molecule is CCc1cc(C)cc(C)c1O.CCc1cc(C)cc(C)c1O.CCc1cc(C)cc(C)c1O.CCc1cccc(C)c1O.CCc1cccc(C)c1O.CCc1cccc(C)c1O.Cc1cc(=O)oc2cc(N)ccc12.O=c1ccc2cc(O)c(O)cc2o1. The molecule has 0 fully saturated rings. The molecule has 0 aliphatic carbocycles. The van der Waals surface area contributed by atoms with Crippen LogP contribution in [-0.2, 0) is 38.5 Å². The van der Waals surface area contributed by atoms with Crippen LogP contribution in [0.4, 0.5) is 5.69 Å². The van der Waals surface area contributed by atoms with Gasteiger partial charge in [0.25, 0.3) is 0 Å². The van der Waals surface area contributed by atoms with Gasteiger partial charge in [0, 0.05) is 40.7 Å². The van der Waals surface area contributed by atoms with Crippen molar-refractivity contribution in [3.05, 3.63) is 249 Å². The number of aryl methyl sites for hydroxylation is 16. The second kappa shape index (κ2) is 35.9. The zero-order valence-corrected chi connectivity index (χ0v) is 54.8. The third-order valence-corrected chi connectivity index (χ3v) is 14.5. The van der Waals surface area contributed by atoms with Crippen molar-refractivity contribution in [2.24, 2.45) is 0 Å². The van der Waals surface area contributed by atoms with E-state index in [0.29, 0.717) is 51.2 Å². The monoisotopic (exact) mass is 1210 g/mol. The molecule has 8 aromatic carbocycles. The number of fused-ring (bicyclic) bond motifs is 2. The van der Waals surface area contributed by atoms with Crippen LogP contribution in [0.2, 0.25) is 0 Å². The van der Waals surface area contributed by atoms with E-state index in [4.69, 9.17) is 24.8 Å². The van der Waals surface area contributed by atoms with Gasteiger partial charge in [0.2, 0.25) is 0 Å². The minimum Gasteiger partial charge on any atom is -0.507 e. The Hall–Kier alpha value is -9.62. The van der Waals surface area contributed by atoms with Gasteiger partial charge in [-0.25, -0.2) is 9.59 Å². The predicted octanol–water partition coefficient (Wildman–Crippen LogP) is 17.4. The molecule has 0 amide bonds. The molecule has 2 heterocycles. The quantitative estimate of drug-likeness (QED) is 0.0428. The summed E-state index contributed by atoms with van der Waals surface area (Å²) in [6.45, 7) is 31.8. The number of para-hydroxylation sites is 3. The summed E-state index contributed by atoms with van der Waals surface area (Å²) in [5, 5.41) is 76.5. The zero-order valence-electron chi connectivity index (χ0n) is 54.8. The van der Waals surface area contributed by atoms with Crippen LogP contribution >= 0.6 is 0 Å². The van der Waals surface area contributed by atoms with Gasteiger partial charge >= 0.3 is 11.3 Å². The highest BCUT2D eigenvalue weighted by atomic mass is 16.4. The Bertz CT molecular complexity index is 3780. The lowest BCUT2D eigenvalue weighted by molar-refractivity contribution is 0.403. The summed E-state index contributed by atoms with van der Waals surface area (Å²) in [6.07, 6.45) is 5.38. The van der Waals surface area contributed by atoms with E-state index < -0.39 is 5.63 Å². The second-order valence-electron chi connectivity index (χ2n) is 21.8. The lowest BCUT2D eigenvalue weighted by Gasteiger charge is -2.05. The summed E-state index contributed by atoms with van der Waals surface area (Å²) in [7, 11) is 0. The standard InChI is InChI=1S/C10H9NO2.3C10H14O.C9H6O4.3C9H12O/c1-6-4-10(12)13-9-5-7(11)2-3-8(6)9;3*1-4-9-6-7(2)5-8(3)10(9)11;10-6-3-5-1-2-9(12)13-8(5)4-7(6)11;3*1-3-8-6-4-5-7(2)9(8)10/h2-5H,11H2,1H3;3*5-6,11H,4H2,1-3H3;1-4,10-11H;3*4-6,10H,3H2,1-2H3. The Morgan fingerprint density at radius 1 is 0.315 bits per heavy atom. The number of anilines is 1. The largest absolute Gasteiger partial charge is 0.507 e. The maximum Gasteiger partial charge on any atom is 0.336 e. The fourth-order valence-electron chi connectivity index (χ4n) is 9.40. The van der Waals surface area contributed by atoms with Gasteiger partial charge in [-0.2, -0.15) is 0 Å². The van der Waals surface area contributed by atoms with Crippen molar-refractivity contribution in [2.75, 3.05) is 5.73 Å². The topological polar surface area (TPSA) is 248 Å². The van der Waals surface area contributed by atoms with E-state index in [2.05, 4.69) is 0 Å². The minimum absolute atomic E-state index is 0.235. The highest BCUT2D eigenvalue weighted by Crippen LogP contribution is 2.30. The number of aromatic hydroxyl groups is 8. The molecule has 89 heavy (non-hydrogen) atoms. The molecular formula is C76H93NO12. The number of nitrogens with two attached hydrogens (primary N) is 1. The van der Waals surface area contributed by atoms with E-state index in [0.717, 1.165) is 116 Å². The number of hydrogen-bond donors (Lipinski definition) is 9. The third kappa shape index (κ3) is 22.6. The van der Waals surface area contributed by atoms with Crippen molar-refractivity contribution in [3.8, 4) is 46.0 Å². The van der Waals surface area contributed by atoms with Crippen LogP contribution in [0.25, 0.3) is 21.9 Å². The summed E-state index contributed by atoms with van der Waals surface area (Å²) in [6, 6.07) is 41.6. The zero-order chi connectivity index (χ0) is 66.8. The number of hydrogen-bond acceptors (Lipinski definition) is 13. The summed E-state index contributed by atoms with van der Waals surface area (Å²) >= 11 is 0. The van der Waals surface area contributed by atoms with E-state index in [1.54, 1.807) is 12.1 Å². The van der Waals surface area contributed by atoms with Crippen LogP contribution in [0.1, 0.15) is 131 Å². The molecule has 474 valence electrons. The Balaban J connectivity index is 0.000000266. The fraction of sp³-hybridized carbons (Fsp3) is 0.289. The molecule has 10 aromatic rings. The van der Waals surface area contributed by atoms with Gasteiger partial charge < -0.3 is 55.4 Å². The van der Waals surface area contributed by atoms with E-state index in [1.165, 1.54) is 47.0 Å². The second-order valence-corrected chi connectivity index (χ2v) is 21.8. The predicted molar refractivity (Wildman–Crippen MR) is 365 cm³/mol. The number of nitrogen functional groups attached to an aromatic ring is 1. The number of benzene rings is 8. The van der Waals surface area contributed by atoms with Crippen molar-refractivity contribution < 1.29 is 49.7 Å². The Labute approximate surface area is 525 Å². The third-order valence-electron chi connectivity index (χ3n) is 14.5. The number of phenolic OH excluding ortho intramolecular Hbond substituents is 8. The lowest BCUT2D eigenvalue weighted by atomic mass is 10.0. The number of phenols is 8. The summed E-state index contributed by atoms with van der Waals surface area (Å²) in [4.78, 5) is 21.8. The highest BCUT2D eigenvalue weighted by Gasteiger charge is 2.08. The Morgan fingerprint density at radius 3 is 1.00 bits per heavy atom. The van der Waals surface area contributed by atoms with Crippen molar-refractivity contribution >= 4 is 27.6 Å². The van der Waals surface area contributed by atoms with Crippen LogP contribution in [0, 0.1) is 69.2 Å². The van der Waals surface area contributed by atoms with E-state index in [-0.39, 0.29) is 22.7 Å². The summed E-state index contributed by atoms with van der Waals surface area (Å²) in [5.41, 5.74) is 22.7. The molecule has 10 N–H and O–H groups in total. The van der Waals surface area contributed by atoms with Crippen molar-refractivity contribution in [1.29, 1.82) is 0 Å². The molecule has 10 rings (SSSR count). The molecule has 0 radical (unpaired) electrons. The average molecular weight is 1210 g/mol. The molecule has 0 bridgehead atoms. The van der Waals surface area contributed by atoms with Crippen LogP contribution < -0.4 is 17.0 Å². The first-order valence-electron chi connectivity index (χ1n) is 30.0. The molecule has 0 aliphatic rings. The molecule has 13 heteroatoms. The van der Waals surface area contributed by atoms with Gasteiger partial charge in [0.05, 0.1) is 0 Å². The molecule has 0 saturated heterocycles. The molecule has 0 aliphatic heterocycles. The van der Waals surface area contributed by atoms with Crippen LogP contribution in [0.5, 0.6) is 46.0 Å².